The minimum absolute atomic E-state index is 0.0300. The van der Waals surface area contributed by atoms with E-state index in [0.29, 0.717) is 18.7 Å². The summed E-state index contributed by atoms with van der Waals surface area (Å²) < 4.78 is 0.957. The van der Waals surface area contributed by atoms with Gasteiger partial charge in [-0.3, -0.25) is 9.59 Å². The van der Waals surface area contributed by atoms with E-state index >= 15 is 0 Å². The van der Waals surface area contributed by atoms with Gasteiger partial charge in [0.05, 0.1) is 9.35 Å². The summed E-state index contributed by atoms with van der Waals surface area (Å²) in [7, 11) is 0. The van der Waals surface area contributed by atoms with Gasteiger partial charge in [0, 0.05) is 29.9 Å². The van der Waals surface area contributed by atoms with E-state index in [4.69, 9.17) is 0 Å². The van der Waals surface area contributed by atoms with Gasteiger partial charge in [0.25, 0.3) is 5.91 Å². The first-order chi connectivity index (χ1) is 9.77. The molecule has 1 aliphatic rings. The number of thiophene rings is 1. The van der Waals surface area contributed by atoms with Crippen molar-refractivity contribution in [3.05, 3.63) is 20.8 Å². The number of rotatable bonds is 2. The first kappa shape index (κ1) is 16.5. The Bertz CT molecular complexity index is 528. The fourth-order valence-electron chi connectivity index (χ4n) is 2.40. The average Bonchev–Trinajstić information content (AvgIpc) is 2.84. The van der Waals surface area contributed by atoms with Gasteiger partial charge in [-0.05, 0) is 34.8 Å². The molecule has 1 saturated heterocycles. The van der Waals surface area contributed by atoms with Crippen molar-refractivity contribution in [1.29, 1.82) is 0 Å². The molecule has 4 nitrogen and oxygen atoms in total. The molecule has 6 heteroatoms. The monoisotopic (exact) mass is 372 g/mol. The number of piperidine rings is 1. The Kier molecular flexibility index (Phi) is 5.09. The van der Waals surface area contributed by atoms with Crippen LogP contribution >= 0.6 is 27.3 Å². The molecule has 2 rings (SSSR count). The molecule has 0 unspecified atom stereocenters. The highest BCUT2D eigenvalue weighted by atomic mass is 79.9. The molecule has 2 amide bonds. The number of carbonyl (C=O) groups excluding carboxylic acids is 2. The summed E-state index contributed by atoms with van der Waals surface area (Å²) in [5, 5.41) is 4.90. The quantitative estimate of drug-likeness (QED) is 0.865. The lowest BCUT2D eigenvalue weighted by molar-refractivity contribution is -0.140. The lowest BCUT2D eigenvalue weighted by Crippen LogP contribution is -2.49. The van der Waals surface area contributed by atoms with Crippen LogP contribution in [0.1, 0.15) is 44.0 Å². The molecule has 0 aliphatic carbocycles. The molecule has 0 radical (unpaired) electrons. The Labute approximate surface area is 138 Å². The second-order valence-corrected chi connectivity index (χ2v) is 8.72. The van der Waals surface area contributed by atoms with Gasteiger partial charge in [-0.25, -0.2) is 0 Å². The van der Waals surface area contributed by atoms with E-state index in [0.717, 1.165) is 16.6 Å². The highest BCUT2D eigenvalue weighted by Gasteiger charge is 2.30. The topological polar surface area (TPSA) is 49.4 Å². The van der Waals surface area contributed by atoms with Gasteiger partial charge in [-0.2, -0.15) is 0 Å². The van der Waals surface area contributed by atoms with Crippen molar-refractivity contribution in [3.63, 3.8) is 0 Å². The van der Waals surface area contributed by atoms with Crippen LogP contribution in [0.2, 0.25) is 0 Å². The zero-order chi connectivity index (χ0) is 15.6. The first-order valence-electron chi connectivity index (χ1n) is 7.11. The molecule has 21 heavy (non-hydrogen) atoms. The maximum absolute atomic E-state index is 12.2. The molecular weight excluding hydrogens is 352 g/mol. The van der Waals surface area contributed by atoms with Crippen LogP contribution in [0.4, 0.5) is 0 Å². The summed E-state index contributed by atoms with van der Waals surface area (Å²) >= 11 is 4.87. The van der Waals surface area contributed by atoms with Crippen LogP contribution in [0.15, 0.2) is 15.2 Å². The Morgan fingerprint density at radius 1 is 1.33 bits per heavy atom. The fraction of sp³-hybridized carbons (Fsp3) is 0.600. The molecule has 0 bridgehead atoms. The number of halogens is 1. The second kappa shape index (κ2) is 6.48. The summed E-state index contributed by atoms with van der Waals surface area (Å²) in [6.45, 7) is 7.26. The van der Waals surface area contributed by atoms with Crippen molar-refractivity contribution in [2.24, 2.45) is 5.41 Å². The van der Waals surface area contributed by atoms with Gasteiger partial charge in [0.15, 0.2) is 0 Å². The van der Waals surface area contributed by atoms with Crippen LogP contribution in [0.3, 0.4) is 0 Å². The standard InChI is InChI=1S/C15H21BrN2O2S/c1-15(2,3)14(20)18-6-4-11(5-7-18)17-13(19)10-8-12(16)21-9-10/h8-9,11H,4-7H2,1-3H3,(H,17,19). The van der Waals surface area contributed by atoms with Gasteiger partial charge in [0.1, 0.15) is 0 Å². The molecule has 1 aromatic heterocycles. The number of likely N-dealkylation sites (tertiary alicyclic amines) is 1. The van der Waals surface area contributed by atoms with E-state index in [1.165, 1.54) is 11.3 Å². The molecule has 1 aromatic rings. The number of hydrogen-bond acceptors (Lipinski definition) is 3. The van der Waals surface area contributed by atoms with Crippen molar-refractivity contribution < 1.29 is 9.59 Å². The van der Waals surface area contributed by atoms with Crippen LogP contribution in [0.5, 0.6) is 0 Å². The fourth-order valence-corrected chi connectivity index (χ4v) is 3.54. The molecular formula is C15H21BrN2O2S. The maximum atomic E-state index is 12.2. The van der Waals surface area contributed by atoms with E-state index in [1.807, 2.05) is 37.1 Å². The van der Waals surface area contributed by atoms with Gasteiger partial charge >= 0.3 is 0 Å². The average molecular weight is 373 g/mol. The van der Waals surface area contributed by atoms with Crippen molar-refractivity contribution >= 4 is 39.1 Å². The van der Waals surface area contributed by atoms with Gasteiger partial charge < -0.3 is 10.2 Å². The lowest BCUT2D eigenvalue weighted by atomic mass is 9.93. The number of hydrogen-bond donors (Lipinski definition) is 1. The van der Waals surface area contributed by atoms with E-state index < -0.39 is 0 Å². The van der Waals surface area contributed by atoms with Crippen LogP contribution in [0, 0.1) is 5.41 Å². The second-order valence-electron chi connectivity index (χ2n) is 6.43. The van der Waals surface area contributed by atoms with Gasteiger partial charge in [-0.1, -0.05) is 20.8 Å². The molecule has 0 atom stereocenters. The molecule has 2 heterocycles. The smallest absolute Gasteiger partial charge is 0.252 e. The van der Waals surface area contributed by atoms with Gasteiger partial charge in [0.2, 0.25) is 5.91 Å². The van der Waals surface area contributed by atoms with Crippen LogP contribution in [-0.4, -0.2) is 35.8 Å². The Morgan fingerprint density at radius 3 is 2.43 bits per heavy atom. The normalized spacial score (nSPS) is 16.9. The summed E-state index contributed by atoms with van der Waals surface area (Å²) in [5.74, 6) is 0.159. The SMILES string of the molecule is CC(C)(C)C(=O)N1CCC(NC(=O)c2csc(Br)c2)CC1. The Balaban J connectivity index is 1.84. The van der Waals surface area contributed by atoms with E-state index in [-0.39, 0.29) is 23.3 Å². The lowest BCUT2D eigenvalue weighted by Gasteiger charge is -2.35. The third-order valence-corrected chi connectivity index (χ3v) is 5.09. The van der Waals surface area contributed by atoms with Crippen LogP contribution in [0.25, 0.3) is 0 Å². The summed E-state index contributed by atoms with van der Waals surface area (Å²) in [6, 6.07) is 1.98. The first-order valence-corrected chi connectivity index (χ1v) is 8.79. The molecule has 116 valence electrons. The van der Waals surface area contributed by atoms with E-state index in [1.54, 1.807) is 0 Å². The van der Waals surface area contributed by atoms with Crippen molar-refractivity contribution in [3.8, 4) is 0 Å². The highest BCUT2D eigenvalue weighted by molar-refractivity contribution is 9.11. The van der Waals surface area contributed by atoms with Crippen LogP contribution < -0.4 is 5.32 Å². The predicted molar refractivity (Wildman–Crippen MR) is 88.5 cm³/mol. The summed E-state index contributed by atoms with van der Waals surface area (Å²) in [6.07, 6.45) is 1.64. The Hall–Kier alpha value is -0.880. The van der Waals surface area contributed by atoms with Crippen molar-refractivity contribution in [1.82, 2.24) is 10.2 Å². The molecule has 0 aromatic carbocycles. The van der Waals surface area contributed by atoms with Gasteiger partial charge in [-0.15, -0.1) is 11.3 Å². The zero-order valence-electron chi connectivity index (χ0n) is 12.6. The summed E-state index contributed by atoms with van der Waals surface area (Å²) in [4.78, 5) is 26.2. The maximum Gasteiger partial charge on any atom is 0.252 e. The predicted octanol–water partition coefficient (Wildman–Crippen LogP) is 3.28. The zero-order valence-corrected chi connectivity index (χ0v) is 15.0. The molecule has 1 aliphatic heterocycles. The van der Waals surface area contributed by atoms with Crippen molar-refractivity contribution in [2.75, 3.05) is 13.1 Å². The number of nitrogens with zero attached hydrogens (tertiary/aromatic N) is 1. The molecule has 0 spiro atoms. The van der Waals surface area contributed by atoms with E-state index in [2.05, 4.69) is 21.2 Å². The number of nitrogens with one attached hydrogen (secondary N) is 1. The third kappa shape index (κ3) is 4.30. The summed E-state index contributed by atoms with van der Waals surface area (Å²) in [5.41, 5.74) is 0.360. The van der Waals surface area contributed by atoms with Crippen molar-refractivity contribution in [2.45, 2.75) is 39.7 Å². The van der Waals surface area contributed by atoms with Crippen LogP contribution in [-0.2, 0) is 4.79 Å². The largest absolute Gasteiger partial charge is 0.349 e. The molecule has 1 fully saturated rings. The molecule has 1 N–H and O–H groups in total. The number of amides is 2. The van der Waals surface area contributed by atoms with E-state index in [9.17, 15) is 9.59 Å². The Morgan fingerprint density at radius 2 is 1.95 bits per heavy atom. The molecule has 0 saturated carbocycles. The minimum atomic E-state index is -0.334. The highest BCUT2D eigenvalue weighted by Crippen LogP contribution is 2.23. The number of carbonyl (C=O) groups is 2. The minimum Gasteiger partial charge on any atom is -0.349 e. The third-order valence-electron chi connectivity index (χ3n) is 3.59.